The summed E-state index contributed by atoms with van der Waals surface area (Å²) in [5.74, 6) is 0.0466. The number of hydrogen-bond acceptors (Lipinski definition) is 3. The van der Waals surface area contributed by atoms with E-state index in [-0.39, 0.29) is 17.6 Å². The molecule has 0 bridgehead atoms. The van der Waals surface area contributed by atoms with Crippen LogP contribution in [0.3, 0.4) is 0 Å². The molecule has 2 aromatic carbocycles. The van der Waals surface area contributed by atoms with E-state index in [0.717, 1.165) is 16.7 Å². The van der Waals surface area contributed by atoms with Crippen molar-refractivity contribution in [1.82, 2.24) is 0 Å². The molecule has 3 aromatic rings. The first-order chi connectivity index (χ1) is 9.99. The fourth-order valence-electron chi connectivity index (χ4n) is 2.65. The van der Waals surface area contributed by atoms with Gasteiger partial charge in [-0.3, -0.25) is 4.79 Å². The summed E-state index contributed by atoms with van der Waals surface area (Å²) in [5.41, 5.74) is 3.84. The van der Waals surface area contributed by atoms with E-state index in [1.807, 2.05) is 32.0 Å². The molecule has 1 heterocycles. The Morgan fingerprint density at radius 3 is 2.71 bits per heavy atom. The first-order valence-corrected chi connectivity index (χ1v) is 6.80. The van der Waals surface area contributed by atoms with E-state index >= 15 is 0 Å². The van der Waals surface area contributed by atoms with E-state index < -0.39 is 0 Å². The zero-order chi connectivity index (χ0) is 15.1. The van der Waals surface area contributed by atoms with Crippen molar-refractivity contribution in [1.29, 1.82) is 0 Å². The van der Waals surface area contributed by atoms with Crippen LogP contribution >= 0.6 is 0 Å². The molecule has 3 heteroatoms. The highest BCUT2D eigenvalue weighted by Crippen LogP contribution is 2.25. The summed E-state index contributed by atoms with van der Waals surface area (Å²) in [6.07, 6.45) is 0.274. The molecule has 1 aromatic heterocycles. The molecule has 0 amide bonds. The molecule has 0 radical (unpaired) electrons. The van der Waals surface area contributed by atoms with Gasteiger partial charge in [0.2, 0.25) is 5.43 Å². The van der Waals surface area contributed by atoms with Gasteiger partial charge >= 0.3 is 0 Å². The molecular weight excluding hydrogens is 264 g/mol. The average molecular weight is 280 g/mol. The molecule has 0 saturated heterocycles. The molecule has 21 heavy (non-hydrogen) atoms. The fraction of sp³-hybridized carbons (Fsp3) is 0.167. The number of para-hydroxylation sites is 1. The third-order valence-corrected chi connectivity index (χ3v) is 3.87. The van der Waals surface area contributed by atoms with Gasteiger partial charge in [-0.05, 0) is 37.1 Å². The lowest BCUT2D eigenvalue weighted by molar-refractivity contribution is 0.401. The van der Waals surface area contributed by atoms with E-state index in [1.165, 1.54) is 0 Å². The maximum absolute atomic E-state index is 12.8. The van der Waals surface area contributed by atoms with Crippen molar-refractivity contribution in [3.63, 3.8) is 0 Å². The highest BCUT2D eigenvalue weighted by atomic mass is 16.3. The predicted molar refractivity (Wildman–Crippen MR) is 84.9 cm³/mol. The van der Waals surface area contributed by atoms with Gasteiger partial charge in [0, 0.05) is 12.0 Å². The van der Waals surface area contributed by atoms with E-state index in [2.05, 4.69) is 6.58 Å². The number of fused-ring (bicyclic) bond motifs is 2. The van der Waals surface area contributed by atoms with E-state index in [4.69, 9.17) is 4.42 Å². The number of aliphatic hydroxyl groups is 1. The van der Waals surface area contributed by atoms with Crippen LogP contribution < -0.4 is 5.43 Å². The van der Waals surface area contributed by atoms with Gasteiger partial charge in [-0.15, -0.1) is 0 Å². The Morgan fingerprint density at radius 1 is 1.24 bits per heavy atom. The normalized spacial score (nSPS) is 11.1. The van der Waals surface area contributed by atoms with Gasteiger partial charge in [0.15, 0.2) is 0 Å². The van der Waals surface area contributed by atoms with Gasteiger partial charge in [0.25, 0.3) is 0 Å². The monoisotopic (exact) mass is 280 g/mol. The van der Waals surface area contributed by atoms with Crippen molar-refractivity contribution in [3.8, 4) is 0 Å². The highest BCUT2D eigenvalue weighted by molar-refractivity contribution is 5.93. The lowest BCUT2D eigenvalue weighted by atomic mass is 10.0. The molecule has 0 aliphatic rings. The summed E-state index contributed by atoms with van der Waals surface area (Å²) in [7, 11) is 0. The minimum absolute atomic E-state index is 0.0298. The topological polar surface area (TPSA) is 50.4 Å². The molecule has 0 atom stereocenters. The first kappa shape index (κ1) is 13.4. The summed E-state index contributed by atoms with van der Waals surface area (Å²) in [6, 6.07) is 9.16. The second-order valence-electron chi connectivity index (χ2n) is 5.35. The van der Waals surface area contributed by atoms with Crippen LogP contribution in [0.25, 0.3) is 21.9 Å². The van der Waals surface area contributed by atoms with Crippen LogP contribution in [-0.4, -0.2) is 5.11 Å². The van der Waals surface area contributed by atoms with E-state index in [0.29, 0.717) is 21.9 Å². The molecule has 0 aliphatic heterocycles. The second kappa shape index (κ2) is 4.77. The molecule has 1 N–H and O–H groups in total. The molecule has 0 unspecified atom stereocenters. The largest absolute Gasteiger partial charge is 0.513 e. The fourth-order valence-corrected chi connectivity index (χ4v) is 2.65. The van der Waals surface area contributed by atoms with Crippen molar-refractivity contribution in [3.05, 3.63) is 69.6 Å². The highest BCUT2D eigenvalue weighted by Gasteiger charge is 2.13. The average Bonchev–Trinajstić information content (AvgIpc) is 2.43. The summed E-state index contributed by atoms with van der Waals surface area (Å²) in [5, 5.41) is 10.6. The van der Waals surface area contributed by atoms with Gasteiger partial charge in [0.1, 0.15) is 11.2 Å². The Bertz CT molecular complexity index is 932. The van der Waals surface area contributed by atoms with Crippen LogP contribution in [0.1, 0.15) is 16.7 Å². The van der Waals surface area contributed by atoms with E-state index in [1.54, 1.807) is 12.1 Å². The van der Waals surface area contributed by atoms with Gasteiger partial charge in [0.05, 0.1) is 16.5 Å². The number of benzene rings is 2. The van der Waals surface area contributed by atoms with Crippen LogP contribution in [0.2, 0.25) is 0 Å². The maximum Gasteiger partial charge on any atom is 0.200 e. The van der Waals surface area contributed by atoms with Gasteiger partial charge in [-0.2, -0.15) is 0 Å². The number of hydrogen-bond donors (Lipinski definition) is 1. The van der Waals surface area contributed by atoms with Gasteiger partial charge < -0.3 is 9.52 Å². The molecule has 0 saturated carbocycles. The van der Waals surface area contributed by atoms with Crippen molar-refractivity contribution in [2.45, 2.75) is 20.3 Å². The standard InChI is InChI=1S/C18H16O3/c1-10-7-8-15-16(12(10)3)17(20)14-6-4-5-13(9-11(2)19)18(14)21-15/h4-8,19H,2,9H2,1,3H3. The van der Waals surface area contributed by atoms with Crippen LogP contribution in [0.5, 0.6) is 0 Å². The molecule has 3 rings (SSSR count). The van der Waals surface area contributed by atoms with Crippen molar-refractivity contribution < 1.29 is 9.52 Å². The van der Waals surface area contributed by atoms with Crippen molar-refractivity contribution in [2.75, 3.05) is 0 Å². The Kier molecular flexibility index (Phi) is 3.05. The van der Waals surface area contributed by atoms with Crippen LogP contribution in [0.15, 0.2) is 51.9 Å². The zero-order valence-corrected chi connectivity index (χ0v) is 12.1. The molecule has 0 spiro atoms. The number of aliphatic hydroxyl groups excluding tert-OH is 1. The zero-order valence-electron chi connectivity index (χ0n) is 12.1. The summed E-state index contributed by atoms with van der Waals surface area (Å²) < 4.78 is 5.94. The van der Waals surface area contributed by atoms with Crippen molar-refractivity contribution in [2.24, 2.45) is 0 Å². The molecule has 3 nitrogen and oxygen atoms in total. The Labute approximate surface area is 122 Å². The summed E-state index contributed by atoms with van der Waals surface area (Å²) >= 11 is 0. The minimum atomic E-state index is -0.0298. The summed E-state index contributed by atoms with van der Waals surface area (Å²) in [6.45, 7) is 7.41. The molecular formula is C18H16O3. The van der Waals surface area contributed by atoms with Crippen LogP contribution in [0, 0.1) is 13.8 Å². The quantitative estimate of drug-likeness (QED) is 0.566. The number of rotatable bonds is 2. The minimum Gasteiger partial charge on any atom is -0.513 e. The number of aryl methyl sites for hydroxylation is 2. The number of allylic oxidation sites excluding steroid dienone is 1. The summed E-state index contributed by atoms with van der Waals surface area (Å²) in [4.78, 5) is 12.8. The lowest BCUT2D eigenvalue weighted by Gasteiger charge is -2.09. The van der Waals surface area contributed by atoms with Crippen LogP contribution in [-0.2, 0) is 6.42 Å². The van der Waals surface area contributed by atoms with Gasteiger partial charge in [-0.1, -0.05) is 24.8 Å². The third-order valence-electron chi connectivity index (χ3n) is 3.87. The molecule has 0 fully saturated rings. The second-order valence-corrected chi connectivity index (χ2v) is 5.35. The van der Waals surface area contributed by atoms with E-state index in [9.17, 15) is 9.90 Å². The Morgan fingerprint density at radius 2 is 2.00 bits per heavy atom. The third kappa shape index (κ3) is 2.11. The predicted octanol–water partition coefficient (Wildman–Crippen LogP) is 4.18. The SMILES string of the molecule is C=C(O)Cc1cccc2c(=O)c3c(C)c(C)ccc3oc12. The Hall–Kier alpha value is -2.55. The lowest BCUT2D eigenvalue weighted by Crippen LogP contribution is -2.06. The first-order valence-electron chi connectivity index (χ1n) is 6.80. The maximum atomic E-state index is 12.8. The smallest absolute Gasteiger partial charge is 0.200 e. The van der Waals surface area contributed by atoms with Gasteiger partial charge in [-0.25, -0.2) is 0 Å². The Balaban J connectivity index is 2.47. The molecule has 0 aliphatic carbocycles. The van der Waals surface area contributed by atoms with Crippen molar-refractivity contribution >= 4 is 21.9 Å². The molecule has 106 valence electrons. The van der Waals surface area contributed by atoms with Crippen LogP contribution in [0.4, 0.5) is 0 Å².